The Morgan fingerprint density at radius 2 is 1.50 bits per heavy atom. The van der Waals surface area contributed by atoms with E-state index in [-0.39, 0.29) is 17.3 Å². The molecule has 0 radical (unpaired) electrons. The van der Waals surface area contributed by atoms with Crippen molar-refractivity contribution in [3.05, 3.63) is 82.4 Å². The number of halogens is 1. The maximum atomic E-state index is 13.0. The van der Waals surface area contributed by atoms with E-state index < -0.39 is 0 Å². The van der Waals surface area contributed by atoms with Crippen LogP contribution < -0.4 is 5.32 Å². The quantitative estimate of drug-likeness (QED) is 0.849. The zero-order chi connectivity index (χ0) is 16.7. The van der Waals surface area contributed by atoms with Crippen LogP contribution >= 0.6 is 11.8 Å². The molecule has 2 aliphatic rings. The Morgan fingerprint density at radius 3 is 2.21 bits per heavy atom. The summed E-state index contributed by atoms with van der Waals surface area (Å²) in [6.07, 6.45) is 0. The minimum Gasteiger partial charge on any atom is -0.321 e. The SMILES string of the molecule is O=C1NC(c2ccccc2)=C2C(=O)c3ccccc3C(/N=N\Cl)=C12. The minimum absolute atomic E-state index is 0.210. The van der Waals surface area contributed by atoms with Gasteiger partial charge in [-0.05, 0) is 5.56 Å². The molecule has 4 rings (SSSR count). The van der Waals surface area contributed by atoms with E-state index in [1.165, 1.54) is 0 Å². The molecule has 1 amide bonds. The lowest BCUT2D eigenvalue weighted by Crippen LogP contribution is -2.19. The molecule has 2 aromatic carbocycles. The summed E-state index contributed by atoms with van der Waals surface area (Å²) in [5.41, 5.74) is 3.09. The molecule has 1 N–H and O–H groups in total. The van der Waals surface area contributed by atoms with Gasteiger partial charge < -0.3 is 5.32 Å². The number of nitrogens with zero attached hydrogens (tertiary/aromatic N) is 2. The van der Waals surface area contributed by atoms with Crippen LogP contribution in [-0.2, 0) is 4.79 Å². The van der Waals surface area contributed by atoms with Gasteiger partial charge in [0.15, 0.2) is 5.78 Å². The fraction of sp³-hybridized carbons (Fsp3) is 0. The summed E-state index contributed by atoms with van der Waals surface area (Å²) in [6.45, 7) is 0. The molecule has 1 aliphatic heterocycles. The average molecular weight is 336 g/mol. The first kappa shape index (κ1) is 14.5. The van der Waals surface area contributed by atoms with Crippen LogP contribution in [0.25, 0.3) is 11.4 Å². The predicted molar refractivity (Wildman–Crippen MR) is 89.9 cm³/mol. The van der Waals surface area contributed by atoms with Gasteiger partial charge in [-0.3, -0.25) is 9.59 Å². The van der Waals surface area contributed by atoms with Crippen LogP contribution in [0.1, 0.15) is 21.5 Å². The number of rotatable bonds is 2. The molecule has 0 bridgehead atoms. The highest BCUT2D eigenvalue weighted by Gasteiger charge is 2.40. The summed E-state index contributed by atoms with van der Waals surface area (Å²) >= 11 is 5.42. The van der Waals surface area contributed by atoms with Gasteiger partial charge in [0.1, 0.15) is 5.70 Å². The fourth-order valence-electron chi connectivity index (χ4n) is 3.05. The lowest BCUT2D eigenvalue weighted by molar-refractivity contribution is -0.115. The standard InChI is InChI=1S/C18H10ClN3O2/c19-22-21-16-11-8-4-5-9-12(11)17(23)13-14(16)18(24)20-15(13)10-6-2-1-3-7-10/h1-9H,(H,20,24)/b22-21-. The van der Waals surface area contributed by atoms with Gasteiger partial charge in [0.05, 0.1) is 28.6 Å². The highest BCUT2D eigenvalue weighted by molar-refractivity contribution is 6.32. The second kappa shape index (κ2) is 5.54. The molecule has 1 heterocycles. The van der Waals surface area contributed by atoms with Crippen LogP contribution in [0.2, 0.25) is 0 Å². The van der Waals surface area contributed by atoms with Crippen LogP contribution in [0.15, 0.2) is 75.5 Å². The third-order valence-corrected chi connectivity index (χ3v) is 4.13. The highest BCUT2D eigenvalue weighted by Crippen LogP contribution is 2.41. The molecule has 2 aromatic rings. The number of carbonyl (C=O) groups is 2. The largest absolute Gasteiger partial charge is 0.321 e. The number of fused-ring (bicyclic) bond motifs is 2. The van der Waals surface area contributed by atoms with Crippen molar-refractivity contribution in [2.75, 3.05) is 0 Å². The fourth-order valence-corrected chi connectivity index (χ4v) is 3.13. The van der Waals surface area contributed by atoms with Gasteiger partial charge in [0.2, 0.25) is 0 Å². The van der Waals surface area contributed by atoms with E-state index in [4.69, 9.17) is 11.8 Å². The average Bonchev–Trinajstić information content (AvgIpc) is 2.97. The number of Topliss-reactive ketones (excluding diaryl/α,β-unsaturated/α-hetero) is 1. The van der Waals surface area contributed by atoms with E-state index in [1.807, 2.05) is 30.3 Å². The molecule has 5 nitrogen and oxygen atoms in total. The first-order valence-corrected chi connectivity index (χ1v) is 7.58. The number of hydrogen-bond acceptors (Lipinski definition) is 4. The van der Waals surface area contributed by atoms with E-state index in [2.05, 4.69) is 15.1 Å². The summed E-state index contributed by atoms with van der Waals surface area (Å²) in [7, 11) is 0. The molecule has 0 atom stereocenters. The van der Waals surface area contributed by atoms with Gasteiger partial charge in [0.25, 0.3) is 5.91 Å². The van der Waals surface area contributed by atoms with E-state index in [1.54, 1.807) is 24.3 Å². The molecule has 0 fully saturated rings. The molecule has 0 aromatic heterocycles. The number of hydrogen-bond donors (Lipinski definition) is 1. The minimum atomic E-state index is -0.384. The number of amides is 1. The molecule has 1 aliphatic carbocycles. The Kier molecular flexibility index (Phi) is 3.36. The number of nitrogens with one attached hydrogen (secondary N) is 1. The molecule has 0 spiro atoms. The summed E-state index contributed by atoms with van der Waals surface area (Å²) < 4.78 is 3.30. The van der Waals surface area contributed by atoms with Crippen molar-refractivity contribution in [3.63, 3.8) is 0 Å². The van der Waals surface area contributed by atoms with Crippen LogP contribution in [0.5, 0.6) is 0 Å². The summed E-state index contributed by atoms with van der Waals surface area (Å²) in [5, 5.41) is 6.69. The van der Waals surface area contributed by atoms with Crippen LogP contribution in [-0.4, -0.2) is 11.7 Å². The van der Waals surface area contributed by atoms with Crippen molar-refractivity contribution in [1.29, 1.82) is 0 Å². The maximum absolute atomic E-state index is 13.0. The zero-order valence-electron chi connectivity index (χ0n) is 12.3. The number of ketones is 1. The van der Waals surface area contributed by atoms with Gasteiger partial charge in [-0.15, -0.1) is 5.11 Å². The van der Waals surface area contributed by atoms with Crippen molar-refractivity contribution in [2.45, 2.75) is 0 Å². The normalized spacial score (nSPS) is 16.5. The van der Waals surface area contributed by atoms with Crippen LogP contribution in [0.4, 0.5) is 0 Å². The van der Waals surface area contributed by atoms with Crippen molar-refractivity contribution in [3.8, 4) is 0 Å². The zero-order valence-corrected chi connectivity index (χ0v) is 13.0. The highest BCUT2D eigenvalue weighted by atomic mass is 35.5. The second-order valence-electron chi connectivity index (χ2n) is 5.34. The Bertz CT molecular complexity index is 975. The molecule has 0 saturated carbocycles. The second-order valence-corrected chi connectivity index (χ2v) is 5.50. The Hall–Kier alpha value is -3.05. The smallest absolute Gasteiger partial charge is 0.258 e. The van der Waals surface area contributed by atoms with Crippen LogP contribution in [0, 0.1) is 0 Å². The summed E-state index contributed by atoms with van der Waals surface area (Å²) in [6, 6.07) is 16.2. The molecular formula is C18H10ClN3O2. The number of benzene rings is 2. The van der Waals surface area contributed by atoms with E-state index >= 15 is 0 Å². The van der Waals surface area contributed by atoms with Gasteiger partial charge in [-0.2, -0.15) is 0 Å². The Morgan fingerprint density at radius 1 is 0.833 bits per heavy atom. The lowest BCUT2D eigenvalue weighted by Gasteiger charge is -2.17. The van der Waals surface area contributed by atoms with Crippen molar-refractivity contribution in [1.82, 2.24) is 5.32 Å². The van der Waals surface area contributed by atoms with Crippen molar-refractivity contribution in [2.24, 2.45) is 9.75 Å². The first-order valence-electron chi connectivity index (χ1n) is 7.24. The maximum Gasteiger partial charge on any atom is 0.258 e. The molecule has 116 valence electrons. The Balaban J connectivity index is 2.07. The molecule has 24 heavy (non-hydrogen) atoms. The number of carbonyl (C=O) groups excluding carboxylic acids is 2. The van der Waals surface area contributed by atoms with Crippen molar-refractivity contribution < 1.29 is 9.59 Å². The molecular weight excluding hydrogens is 326 g/mol. The van der Waals surface area contributed by atoms with Crippen LogP contribution in [0.3, 0.4) is 0 Å². The van der Waals surface area contributed by atoms with Crippen molar-refractivity contribution >= 4 is 34.9 Å². The van der Waals surface area contributed by atoms with E-state index in [0.717, 1.165) is 5.56 Å². The topological polar surface area (TPSA) is 70.9 Å². The molecule has 0 saturated heterocycles. The predicted octanol–water partition coefficient (Wildman–Crippen LogP) is 3.74. The summed E-state index contributed by atoms with van der Waals surface area (Å²) in [5.74, 6) is -0.600. The third kappa shape index (κ3) is 2.02. The third-order valence-electron chi connectivity index (χ3n) is 4.06. The van der Waals surface area contributed by atoms with Gasteiger partial charge in [-0.1, -0.05) is 59.2 Å². The first-order chi connectivity index (χ1) is 11.7. The Labute approximate surface area is 142 Å². The molecule has 0 unspecified atom stereocenters. The van der Waals surface area contributed by atoms with Gasteiger partial charge >= 0.3 is 0 Å². The van der Waals surface area contributed by atoms with E-state index in [0.29, 0.717) is 28.1 Å². The van der Waals surface area contributed by atoms with E-state index in [9.17, 15) is 9.59 Å². The monoisotopic (exact) mass is 335 g/mol. The summed E-state index contributed by atoms with van der Waals surface area (Å²) in [4.78, 5) is 25.5. The lowest BCUT2D eigenvalue weighted by atomic mass is 9.84. The van der Waals surface area contributed by atoms with Gasteiger partial charge in [0, 0.05) is 11.1 Å². The molecule has 6 heteroatoms. The van der Waals surface area contributed by atoms with Gasteiger partial charge in [-0.25, -0.2) is 0 Å².